The molecular formula is C19H21ClN2O2. The Labute approximate surface area is 147 Å². The van der Waals surface area contributed by atoms with E-state index in [-0.39, 0.29) is 12.5 Å². The van der Waals surface area contributed by atoms with Gasteiger partial charge in [-0.3, -0.25) is 4.79 Å². The van der Waals surface area contributed by atoms with Crippen molar-refractivity contribution in [1.82, 2.24) is 5.43 Å². The van der Waals surface area contributed by atoms with Gasteiger partial charge in [0.15, 0.2) is 6.61 Å². The molecular weight excluding hydrogens is 324 g/mol. The number of ether oxygens (including phenoxy) is 1. The fourth-order valence-corrected chi connectivity index (χ4v) is 2.36. The zero-order valence-electron chi connectivity index (χ0n) is 14.0. The number of halogens is 1. The van der Waals surface area contributed by atoms with Gasteiger partial charge in [0.1, 0.15) is 5.75 Å². The summed E-state index contributed by atoms with van der Waals surface area (Å²) in [5.41, 5.74) is 5.34. The van der Waals surface area contributed by atoms with Crippen LogP contribution in [-0.4, -0.2) is 18.7 Å². The second kappa shape index (κ2) is 8.50. The molecule has 0 atom stereocenters. The van der Waals surface area contributed by atoms with E-state index in [0.717, 1.165) is 22.4 Å². The van der Waals surface area contributed by atoms with Gasteiger partial charge in [-0.2, -0.15) is 5.10 Å². The zero-order valence-corrected chi connectivity index (χ0v) is 14.8. The third-order valence-electron chi connectivity index (χ3n) is 3.45. The molecule has 126 valence electrons. The summed E-state index contributed by atoms with van der Waals surface area (Å²) < 4.78 is 5.66. The molecule has 2 aromatic rings. The van der Waals surface area contributed by atoms with E-state index in [0.29, 0.717) is 10.9 Å². The minimum absolute atomic E-state index is 0.0942. The number of amides is 1. The number of hydrazone groups is 1. The van der Waals surface area contributed by atoms with E-state index in [1.54, 1.807) is 6.07 Å². The van der Waals surface area contributed by atoms with Crippen molar-refractivity contribution in [3.8, 4) is 5.75 Å². The molecule has 1 amide bonds. The summed E-state index contributed by atoms with van der Waals surface area (Å²) >= 11 is 6.01. The van der Waals surface area contributed by atoms with Crippen LogP contribution in [0.15, 0.2) is 47.6 Å². The largest absolute Gasteiger partial charge is 0.483 e. The predicted octanol–water partition coefficient (Wildman–Crippen LogP) is 4.30. The Balaban J connectivity index is 1.92. The monoisotopic (exact) mass is 344 g/mol. The van der Waals surface area contributed by atoms with Crippen molar-refractivity contribution in [3.05, 3.63) is 64.2 Å². The molecule has 1 N–H and O–H groups in total. The van der Waals surface area contributed by atoms with Gasteiger partial charge in [0.2, 0.25) is 0 Å². The number of carbonyl (C=O) groups is 1. The van der Waals surface area contributed by atoms with Crippen LogP contribution in [0.5, 0.6) is 5.75 Å². The van der Waals surface area contributed by atoms with E-state index in [4.69, 9.17) is 16.3 Å². The zero-order chi connectivity index (χ0) is 17.5. The fraction of sp³-hybridized carbons (Fsp3) is 0.263. The first-order valence-electron chi connectivity index (χ1n) is 7.77. The van der Waals surface area contributed by atoms with Crippen molar-refractivity contribution in [2.75, 3.05) is 6.61 Å². The summed E-state index contributed by atoms with van der Waals surface area (Å²) in [4.78, 5) is 11.9. The molecule has 24 heavy (non-hydrogen) atoms. The van der Waals surface area contributed by atoms with Crippen LogP contribution >= 0.6 is 11.6 Å². The maximum absolute atomic E-state index is 11.9. The Morgan fingerprint density at radius 2 is 2.04 bits per heavy atom. The average molecular weight is 345 g/mol. The molecule has 4 nitrogen and oxygen atoms in total. The maximum atomic E-state index is 11.9. The van der Waals surface area contributed by atoms with Crippen molar-refractivity contribution < 1.29 is 9.53 Å². The van der Waals surface area contributed by atoms with E-state index < -0.39 is 0 Å². The molecule has 0 aliphatic rings. The normalized spacial score (nSPS) is 11.0. The fourth-order valence-electron chi connectivity index (χ4n) is 2.17. The number of hydrogen-bond acceptors (Lipinski definition) is 3. The van der Waals surface area contributed by atoms with Crippen LogP contribution in [0.4, 0.5) is 0 Å². The van der Waals surface area contributed by atoms with Crippen LogP contribution in [0.25, 0.3) is 0 Å². The molecule has 2 rings (SSSR count). The third kappa shape index (κ3) is 5.10. The number of nitrogens with zero attached hydrogens (tertiary/aromatic N) is 1. The Morgan fingerprint density at radius 3 is 2.75 bits per heavy atom. The Bertz CT molecular complexity index is 742. The summed E-state index contributed by atoms with van der Waals surface area (Å²) in [5.74, 6) is 0.728. The number of carbonyl (C=O) groups excluding carboxylic acids is 1. The van der Waals surface area contributed by atoms with Gasteiger partial charge in [-0.05, 0) is 36.1 Å². The molecule has 0 heterocycles. The maximum Gasteiger partial charge on any atom is 0.277 e. The Morgan fingerprint density at radius 1 is 1.29 bits per heavy atom. The molecule has 0 fully saturated rings. The predicted molar refractivity (Wildman–Crippen MR) is 98.0 cm³/mol. The number of rotatable bonds is 6. The Kier molecular flexibility index (Phi) is 6.38. The topological polar surface area (TPSA) is 50.7 Å². The highest BCUT2D eigenvalue weighted by molar-refractivity contribution is 6.33. The van der Waals surface area contributed by atoms with Crippen molar-refractivity contribution in [1.29, 1.82) is 0 Å². The average Bonchev–Trinajstić information content (AvgIpc) is 2.54. The summed E-state index contributed by atoms with van der Waals surface area (Å²) in [5, 5.41) is 4.48. The van der Waals surface area contributed by atoms with Crippen LogP contribution < -0.4 is 10.2 Å². The minimum Gasteiger partial charge on any atom is -0.483 e. The van der Waals surface area contributed by atoms with Crippen LogP contribution in [0.1, 0.15) is 36.5 Å². The van der Waals surface area contributed by atoms with E-state index in [9.17, 15) is 4.79 Å². The minimum atomic E-state index is -0.325. The van der Waals surface area contributed by atoms with Crippen LogP contribution in [0.3, 0.4) is 0 Å². The van der Waals surface area contributed by atoms with Crippen molar-refractivity contribution in [3.63, 3.8) is 0 Å². The molecule has 5 heteroatoms. The highest BCUT2D eigenvalue weighted by Gasteiger charge is 2.10. The molecule has 0 aliphatic heterocycles. The second-order valence-corrected chi connectivity index (χ2v) is 6.21. The summed E-state index contributed by atoms with van der Waals surface area (Å²) in [6.07, 6.45) is 1.51. The number of benzene rings is 2. The van der Waals surface area contributed by atoms with Gasteiger partial charge in [0, 0.05) is 10.6 Å². The molecule has 2 aromatic carbocycles. The lowest BCUT2D eigenvalue weighted by molar-refractivity contribution is -0.123. The summed E-state index contributed by atoms with van der Waals surface area (Å²) in [7, 11) is 0. The van der Waals surface area contributed by atoms with Gasteiger partial charge < -0.3 is 4.74 Å². The van der Waals surface area contributed by atoms with Crippen LogP contribution in [0, 0.1) is 6.92 Å². The highest BCUT2D eigenvalue weighted by atomic mass is 35.5. The van der Waals surface area contributed by atoms with Crippen LogP contribution in [0.2, 0.25) is 5.02 Å². The summed E-state index contributed by atoms with van der Waals surface area (Å²) in [6, 6.07) is 13.3. The molecule has 0 bridgehead atoms. The first-order chi connectivity index (χ1) is 11.5. The van der Waals surface area contributed by atoms with Gasteiger partial charge >= 0.3 is 0 Å². The van der Waals surface area contributed by atoms with Gasteiger partial charge in [0.25, 0.3) is 5.91 Å². The molecule has 0 saturated heterocycles. The van der Waals surface area contributed by atoms with Crippen molar-refractivity contribution in [2.45, 2.75) is 26.7 Å². The van der Waals surface area contributed by atoms with Crippen LogP contribution in [-0.2, 0) is 4.79 Å². The second-order valence-electron chi connectivity index (χ2n) is 5.80. The van der Waals surface area contributed by atoms with Gasteiger partial charge in [-0.1, -0.05) is 55.8 Å². The molecule has 0 spiro atoms. The number of hydrogen-bond donors (Lipinski definition) is 1. The molecule has 0 aliphatic carbocycles. The standard InChI is InChI=1S/C19H21ClN2O2/c1-13(2)16-9-8-14(3)10-18(16)24-12-19(23)22-21-11-15-6-4-5-7-17(15)20/h4-11,13H,12H2,1-3H3,(H,22,23). The van der Waals surface area contributed by atoms with E-state index >= 15 is 0 Å². The van der Waals surface area contributed by atoms with Gasteiger partial charge in [-0.25, -0.2) is 5.43 Å². The molecule has 0 aromatic heterocycles. The SMILES string of the molecule is Cc1ccc(C(C)C)c(OCC(=O)NN=Cc2ccccc2Cl)c1. The number of nitrogens with one attached hydrogen (secondary N) is 1. The first-order valence-corrected chi connectivity index (χ1v) is 8.15. The van der Waals surface area contributed by atoms with E-state index in [1.807, 2.05) is 43.3 Å². The highest BCUT2D eigenvalue weighted by Crippen LogP contribution is 2.27. The van der Waals surface area contributed by atoms with Gasteiger partial charge in [0.05, 0.1) is 6.21 Å². The Hall–Kier alpha value is -2.33. The quantitative estimate of drug-likeness (QED) is 0.627. The van der Waals surface area contributed by atoms with Gasteiger partial charge in [-0.15, -0.1) is 0 Å². The van der Waals surface area contributed by atoms with E-state index in [2.05, 4.69) is 24.4 Å². The number of aryl methyl sites for hydroxylation is 1. The van der Waals surface area contributed by atoms with Crippen molar-refractivity contribution in [2.24, 2.45) is 5.10 Å². The third-order valence-corrected chi connectivity index (χ3v) is 3.79. The molecule has 0 radical (unpaired) electrons. The summed E-state index contributed by atoms with van der Waals surface area (Å²) in [6.45, 7) is 6.07. The van der Waals surface area contributed by atoms with E-state index in [1.165, 1.54) is 6.21 Å². The lowest BCUT2D eigenvalue weighted by atomic mass is 10.0. The smallest absolute Gasteiger partial charge is 0.277 e. The first kappa shape index (κ1) is 18.0. The lowest BCUT2D eigenvalue weighted by Crippen LogP contribution is -2.25. The molecule has 0 unspecified atom stereocenters. The lowest BCUT2D eigenvalue weighted by Gasteiger charge is -2.14. The van der Waals surface area contributed by atoms with Crippen molar-refractivity contribution >= 4 is 23.7 Å². The molecule has 0 saturated carbocycles.